The third-order valence-corrected chi connectivity index (χ3v) is 3.47. The highest BCUT2D eigenvalue weighted by atomic mass is 19.4. The van der Waals surface area contributed by atoms with Crippen molar-refractivity contribution in [2.75, 3.05) is 0 Å². The SMILES string of the molecule is NC1CCCC1C(=O)c1ccc(C(F)(F)F)c(F)c1. The molecule has 104 valence electrons. The van der Waals surface area contributed by atoms with Crippen molar-refractivity contribution in [3.05, 3.63) is 35.1 Å². The van der Waals surface area contributed by atoms with E-state index in [0.717, 1.165) is 12.5 Å². The summed E-state index contributed by atoms with van der Waals surface area (Å²) in [5, 5.41) is 0. The molecule has 1 aromatic carbocycles. The number of hydrogen-bond acceptors (Lipinski definition) is 2. The van der Waals surface area contributed by atoms with Crippen LogP contribution in [0.5, 0.6) is 0 Å². The van der Waals surface area contributed by atoms with Crippen LogP contribution in [-0.2, 0) is 6.18 Å². The summed E-state index contributed by atoms with van der Waals surface area (Å²) < 4.78 is 50.6. The Morgan fingerprint density at radius 2 is 1.95 bits per heavy atom. The van der Waals surface area contributed by atoms with Gasteiger partial charge in [-0.25, -0.2) is 4.39 Å². The summed E-state index contributed by atoms with van der Waals surface area (Å²) in [6.45, 7) is 0. The van der Waals surface area contributed by atoms with Gasteiger partial charge in [-0.05, 0) is 25.0 Å². The first-order valence-corrected chi connectivity index (χ1v) is 5.97. The van der Waals surface area contributed by atoms with Gasteiger partial charge < -0.3 is 5.73 Å². The number of carbonyl (C=O) groups excluding carboxylic acids is 1. The van der Waals surface area contributed by atoms with E-state index in [-0.39, 0.29) is 17.4 Å². The molecule has 2 atom stereocenters. The summed E-state index contributed by atoms with van der Waals surface area (Å²) in [4.78, 5) is 12.0. The van der Waals surface area contributed by atoms with Gasteiger partial charge in [0.25, 0.3) is 0 Å². The summed E-state index contributed by atoms with van der Waals surface area (Å²) in [7, 11) is 0. The number of halogens is 4. The lowest BCUT2D eigenvalue weighted by Gasteiger charge is -2.15. The van der Waals surface area contributed by atoms with Crippen LogP contribution in [0.15, 0.2) is 18.2 Å². The molecule has 0 aromatic heterocycles. The average molecular weight is 275 g/mol. The second-order valence-corrected chi connectivity index (χ2v) is 4.76. The van der Waals surface area contributed by atoms with Gasteiger partial charge in [0.1, 0.15) is 5.82 Å². The minimum atomic E-state index is -4.75. The first kappa shape index (κ1) is 14.0. The molecule has 2 unspecified atom stereocenters. The van der Waals surface area contributed by atoms with E-state index in [1.54, 1.807) is 0 Å². The first-order chi connectivity index (χ1) is 8.80. The molecule has 0 heterocycles. The van der Waals surface area contributed by atoms with Crippen LogP contribution in [0.1, 0.15) is 35.2 Å². The fraction of sp³-hybridized carbons (Fsp3) is 0.462. The maximum Gasteiger partial charge on any atom is 0.419 e. The molecule has 1 aromatic rings. The smallest absolute Gasteiger partial charge is 0.327 e. The van der Waals surface area contributed by atoms with Gasteiger partial charge in [0.15, 0.2) is 5.78 Å². The molecule has 1 aliphatic carbocycles. The van der Waals surface area contributed by atoms with Crippen molar-refractivity contribution < 1.29 is 22.4 Å². The molecule has 1 aliphatic rings. The molecule has 0 radical (unpaired) electrons. The van der Waals surface area contributed by atoms with E-state index in [1.165, 1.54) is 0 Å². The Labute approximate surface area is 107 Å². The van der Waals surface area contributed by atoms with E-state index < -0.39 is 23.5 Å². The number of hydrogen-bond donors (Lipinski definition) is 1. The van der Waals surface area contributed by atoms with Crippen molar-refractivity contribution in [1.29, 1.82) is 0 Å². The van der Waals surface area contributed by atoms with Crippen molar-refractivity contribution in [3.63, 3.8) is 0 Å². The predicted octanol–water partition coefficient (Wildman–Crippen LogP) is 3.15. The van der Waals surface area contributed by atoms with E-state index >= 15 is 0 Å². The molecule has 6 heteroatoms. The van der Waals surface area contributed by atoms with Crippen LogP contribution in [0, 0.1) is 11.7 Å². The van der Waals surface area contributed by atoms with Crippen molar-refractivity contribution in [1.82, 2.24) is 0 Å². The molecule has 0 amide bonds. The van der Waals surface area contributed by atoms with E-state index in [9.17, 15) is 22.4 Å². The normalized spacial score (nSPS) is 23.6. The number of benzene rings is 1. The highest BCUT2D eigenvalue weighted by molar-refractivity contribution is 5.98. The van der Waals surface area contributed by atoms with Crippen LogP contribution in [0.4, 0.5) is 17.6 Å². The van der Waals surface area contributed by atoms with Crippen LogP contribution in [0.25, 0.3) is 0 Å². The van der Waals surface area contributed by atoms with Crippen molar-refractivity contribution in [2.45, 2.75) is 31.5 Å². The minimum Gasteiger partial charge on any atom is -0.327 e. The topological polar surface area (TPSA) is 43.1 Å². The zero-order valence-corrected chi connectivity index (χ0v) is 10.0. The molecule has 0 spiro atoms. The van der Waals surface area contributed by atoms with Gasteiger partial charge in [-0.15, -0.1) is 0 Å². The van der Waals surface area contributed by atoms with Gasteiger partial charge in [-0.3, -0.25) is 4.79 Å². The van der Waals surface area contributed by atoms with Gasteiger partial charge in [0.05, 0.1) is 5.56 Å². The fourth-order valence-electron chi connectivity index (χ4n) is 2.43. The van der Waals surface area contributed by atoms with Crippen molar-refractivity contribution in [2.24, 2.45) is 11.7 Å². The van der Waals surface area contributed by atoms with E-state index in [1.807, 2.05) is 0 Å². The summed E-state index contributed by atoms with van der Waals surface area (Å²) in [5.74, 6) is -2.22. The summed E-state index contributed by atoms with van der Waals surface area (Å²) >= 11 is 0. The molecular weight excluding hydrogens is 262 g/mol. The largest absolute Gasteiger partial charge is 0.419 e. The van der Waals surface area contributed by atoms with E-state index in [0.29, 0.717) is 25.0 Å². The van der Waals surface area contributed by atoms with Crippen LogP contribution in [0.2, 0.25) is 0 Å². The lowest BCUT2D eigenvalue weighted by Crippen LogP contribution is -2.30. The highest BCUT2D eigenvalue weighted by Gasteiger charge is 2.35. The second-order valence-electron chi connectivity index (χ2n) is 4.76. The Morgan fingerprint density at radius 1 is 1.26 bits per heavy atom. The molecule has 2 N–H and O–H groups in total. The number of rotatable bonds is 2. The Balaban J connectivity index is 2.27. The maximum absolute atomic E-state index is 13.4. The predicted molar refractivity (Wildman–Crippen MR) is 61.0 cm³/mol. The minimum absolute atomic E-state index is 0.0483. The fourth-order valence-corrected chi connectivity index (χ4v) is 2.43. The second kappa shape index (κ2) is 4.92. The van der Waals surface area contributed by atoms with Crippen molar-refractivity contribution in [3.8, 4) is 0 Å². The Hall–Kier alpha value is -1.43. The number of ketones is 1. The van der Waals surface area contributed by atoms with Crippen LogP contribution in [-0.4, -0.2) is 11.8 Å². The molecule has 1 saturated carbocycles. The molecule has 1 fully saturated rings. The molecule has 2 nitrogen and oxygen atoms in total. The third-order valence-electron chi connectivity index (χ3n) is 3.47. The summed E-state index contributed by atoms with van der Waals surface area (Å²) in [6, 6.07) is 1.97. The van der Waals surface area contributed by atoms with Gasteiger partial charge in [0, 0.05) is 17.5 Å². The molecule has 0 aliphatic heterocycles. The lowest BCUT2D eigenvalue weighted by molar-refractivity contribution is -0.140. The molecule has 19 heavy (non-hydrogen) atoms. The van der Waals surface area contributed by atoms with Crippen LogP contribution >= 0.6 is 0 Å². The van der Waals surface area contributed by atoms with E-state index in [2.05, 4.69) is 0 Å². The number of Topliss-reactive ketones (excluding diaryl/α,β-unsaturated/α-hetero) is 1. The van der Waals surface area contributed by atoms with E-state index in [4.69, 9.17) is 5.73 Å². The van der Waals surface area contributed by atoms with Crippen molar-refractivity contribution >= 4 is 5.78 Å². The first-order valence-electron chi connectivity index (χ1n) is 5.97. The molecule has 0 saturated heterocycles. The molecule has 0 bridgehead atoms. The zero-order valence-electron chi connectivity index (χ0n) is 10.0. The highest BCUT2D eigenvalue weighted by Crippen LogP contribution is 2.33. The van der Waals surface area contributed by atoms with Gasteiger partial charge in [-0.2, -0.15) is 13.2 Å². The van der Waals surface area contributed by atoms with Crippen LogP contribution < -0.4 is 5.73 Å². The standard InChI is InChI=1S/C13H13F4NO/c14-10-6-7(4-5-9(10)13(15,16)17)12(19)8-2-1-3-11(8)18/h4-6,8,11H,1-3,18H2. The zero-order chi connectivity index (χ0) is 14.2. The summed E-state index contributed by atoms with van der Waals surface area (Å²) in [6.07, 6.45) is -2.64. The van der Waals surface area contributed by atoms with Crippen LogP contribution in [0.3, 0.4) is 0 Å². The van der Waals surface area contributed by atoms with Gasteiger partial charge >= 0.3 is 6.18 Å². The third kappa shape index (κ3) is 2.78. The average Bonchev–Trinajstić information content (AvgIpc) is 2.72. The number of carbonyl (C=O) groups is 1. The Kier molecular flexibility index (Phi) is 3.62. The monoisotopic (exact) mass is 275 g/mol. The molecule has 2 rings (SSSR count). The number of nitrogens with two attached hydrogens (primary N) is 1. The quantitative estimate of drug-likeness (QED) is 0.665. The van der Waals surface area contributed by atoms with Gasteiger partial charge in [-0.1, -0.05) is 12.5 Å². The lowest BCUT2D eigenvalue weighted by atomic mass is 9.93. The maximum atomic E-state index is 13.4. The Morgan fingerprint density at radius 3 is 2.42 bits per heavy atom. The Bertz CT molecular complexity index is 498. The van der Waals surface area contributed by atoms with Gasteiger partial charge in [0.2, 0.25) is 0 Å². The molecular formula is C13H13F4NO. The summed E-state index contributed by atoms with van der Waals surface area (Å²) in [5.41, 5.74) is 4.35. The number of alkyl halides is 3.